The van der Waals surface area contributed by atoms with Gasteiger partial charge < -0.3 is 5.11 Å². The van der Waals surface area contributed by atoms with E-state index in [-0.39, 0.29) is 5.69 Å². The van der Waals surface area contributed by atoms with E-state index in [9.17, 15) is 25.0 Å². The average molecular weight is 239 g/mol. The van der Waals surface area contributed by atoms with Gasteiger partial charge in [-0.25, -0.2) is 9.79 Å². The molecule has 0 heterocycles. The van der Waals surface area contributed by atoms with Gasteiger partial charge >= 0.3 is 11.7 Å². The molecule has 0 aliphatic rings. The van der Waals surface area contributed by atoms with Crippen molar-refractivity contribution in [2.45, 2.75) is 0 Å². The van der Waals surface area contributed by atoms with Crippen LogP contribution in [-0.2, 0) is 4.79 Å². The Balaban J connectivity index is 3.27. The van der Waals surface area contributed by atoms with Crippen LogP contribution in [0.1, 0.15) is 0 Å². The summed E-state index contributed by atoms with van der Waals surface area (Å²) in [5.74, 6) is -1.38. The molecule has 0 saturated heterocycles. The van der Waals surface area contributed by atoms with Crippen LogP contribution in [-0.4, -0.2) is 27.1 Å². The summed E-state index contributed by atoms with van der Waals surface area (Å²) in [4.78, 5) is 32.9. The lowest BCUT2D eigenvalue weighted by Crippen LogP contribution is -1.96. The van der Waals surface area contributed by atoms with Gasteiger partial charge in [0.1, 0.15) is 11.9 Å². The van der Waals surface area contributed by atoms with Crippen LogP contribution in [0.3, 0.4) is 0 Å². The highest BCUT2D eigenvalue weighted by Gasteiger charge is 2.18. The van der Waals surface area contributed by atoms with Crippen LogP contribution in [0, 0.1) is 20.2 Å². The quantitative estimate of drug-likeness (QED) is 0.477. The first-order valence-electron chi connectivity index (χ1n) is 4.11. The third-order valence-corrected chi connectivity index (χ3v) is 1.68. The zero-order chi connectivity index (χ0) is 13.0. The summed E-state index contributed by atoms with van der Waals surface area (Å²) in [6.45, 7) is 0. The molecule has 0 atom stereocenters. The van der Waals surface area contributed by atoms with Crippen molar-refractivity contribution in [2.24, 2.45) is 4.99 Å². The van der Waals surface area contributed by atoms with Gasteiger partial charge in [0.25, 0.3) is 5.69 Å². The number of hydrogen-bond donors (Lipinski definition) is 1. The molecule has 0 spiro atoms. The smallest absolute Gasteiger partial charge is 0.346 e. The highest BCUT2D eigenvalue weighted by Crippen LogP contribution is 2.30. The molecule has 0 aliphatic carbocycles. The molecule has 0 bridgehead atoms. The molecule has 0 saturated carbocycles. The summed E-state index contributed by atoms with van der Waals surface area (Å²) >= 11 is 0. The number of aliphatic imine (C=N–C) groups is 1. The van der Waals surface area contributed by atoms with Crippen molar-refractivity contribution in [1.29, 1.82) is 0 Å². The van der Waals surface area contributed by atoms with E-state index >= 15 is 0 Å². The number of carbonyl (C=O) groups is 1. The zero-order valence-electron chi connectivity index (χ0n) is 8.14. The Kier molecular flexibility index (Phi) is 3.44. The van der Waals surface area contributed by atoms with Crippen LogP contribution in [0.4, 0.5) is 17.1 Å². The van der Waals surface area contributed by atoms with Crippen molar-refractivity contribution in [3.63, 3.8) is 0 Å². The highest BCUT2D eigenvalue weighted by atomic mass is 16.6. The molecule has 0 aromatic heterocycles. The maximum absolute atomic E-state index is 10.6. The molecule has 9 heteroatoms. The molecule has 1 rings (SSSR count). The van der Waals surface area contributed by atoms with Crippen LogP contribution < -0.4 is 0 Å². The predicted molar refractivity (Wildman–Crippen MR) is 55.5 cm³/mol. The van der Waals surface area contributed by atoms with E-state index in [1.807, 2.05) is 0 Å². The largest absolute Gasteiger partial charge is 0.477 e. The van der Waals surface area contributed by atoms with Crippen LogP contribution in [0.2, 0.25) is 0 Å². The number of benzene rings is 1. The summed E-state index contributed by atoms with van der Waals surface area (Å²) in [6, 6.07) is 2.73. The molecule has 1 N–H and O–H groups in total. The monoisotopic (exact) mass is 239 g/mol. The molecule has 0 unspecified atom stereocenters. The third kappa shape index (κ3) is 3.06. The van der Waals surface area contributed by atoms with Gasteiger partial charge in [-0.1, -0.05) is 0 Å². The Morgan fingerprint density at radius 1 is 1.29 bits per heavy atom. The van der Waals surface area contributed by atoms with Crippen LogP contribution >= 0.6 is 0 Å². The normalized spacial score (nSPS) is 10.4. The maximum Gasteiger partial charge on any atom is 0.346 e. The molecule has 1 aromatic carbocycles. The molecule has 0 radical (unpaired) electrons. The van der Waals surface area contributed by atoms with Crippen LogP contribution in [0.25, 0.3) is 0 Å². The second-order valence-corrected chi connectivity index (χ2v) is 2.78. The fraction of sp³-hybridized carbons (Fsp3) is 0. The zero-order valence-corrected chi connectivity index (χ0v) is 8.14. The van der Waals surface area contributed by atoms with Gasteiger partial charge in [-0.3, -0.25) is 20.2 Å². The van der Waals surface area contributed by atoms with E-state index in [2.05, 4.69) is 4.99 Å². The van der Waals surface area contributed by atoms with E-state index in [1.54, 1.807) is 0 Å². The van der Waals surface area contributed by atoms with Gasteiger partial charge in [-0.05, 0) is 6.07 Å². The van der Waals surface area contributed by atoms with E-state index in [0.717, 1.165) is 12.1 Å². The molecule has 0 amide bonds. The topological polar surface area (TPSA) is 136 Å². The number of rotatable bonds is 4. The van der Waals surface area contributed by atoms with E-state index in [0.29, 0.717) is 12.3 Å². The third-order valence-electron chi connectivity index (χ3n) is 1.68. The number of nitro benzene ring substituents is 2. The lowest BCUT2D eigenvalue weighted by molar-refractivity contribution is -0.393. The molecular weight excluding hydrogens is 234 g/mol. The maximum atomic E-state index is 10.6. The molecule has 9 nitrogen and oxygen atoms in total. The van der Waals surface area contributed by atoms with Crippen LogP contribution in [0.15, 0.2) is 23.2 Å². The SMILES string of the molecule is O=C(O)C=Nc1ccc([N+](=O)[O-])cc1[N+](=O)[O-]. The fourth-order valence-corrected chi connectivity index (χ4v) is 1.01. The average Bonchev–Trinajstić information content (AvgIpc) is 2.25. The van der Waals surface area contributed by atoms with Crippen LogP contribution in [0.5, 0.6) is 0 Å². The van der Waals surface area contributed by atoms with Gasteiger partial charge in [-0.2, -0.15) is 0 Å². The van der Waals surface area contributed by atoms with Crippen molar-refractivity contribution < 1.29 is 19.7 Å². The molecule has 1 aromatic rings. The first kappa shape index (κ1) is 12.2. The first-order chi connectivity index (χ1) is 7.91. The van der Waals surface area contributed by atoms with Crippen molar-refractivity contribution in [2.75, 3.05) is 0 Å². The van der Waals surface area contributed by atoms with Gasteiger partial charge in [-0.15, -0.1) is 0 Å². The van der Waals surface area contributed by atoms with Gasteiger partial charge in [0.2, 0.25) is 0 Å². The minimum absolute atomic E-state index is 0.261. The molecule has 0 fully saturated rings. The highest BCUT2D eigenvalue weighted by molar-refractivity contribution is 6.22. The van der Waals surface area contributed by atoms with Crippen molar-refractivity contribution in [3.8, 4) is 0 Å². The Morgan fingerprint density at radius 2 is 1.94 bits per heavy atom. The standard InChI is InChI=1S/C8H5N3O6/c12-8(13)4-9-6-2-1-5(10(14)15)3-7(6)11(16)17/h1-4H,(H,12,13). The second-order valence-electron chi connectivity index (χ2n) is 2.78. The minimum Gasteiger partial charge on any atom is -0.477 e. The number of carboxylic acids is 1. The number of carboxylic acid groups (broad SMARTS) is 1. The molecule has 0 aliphatic heterocycles. The lowest BCUT2D eigenvalue weighted by atomic mass is 10.2. The van der Waals surface area contributed by atoms with E-state index < -0.39 is 27.2 Å². The van der Waals surface area contributed by atoms with Crippen molar-refractivity contribution in [3.05, 3.63) is 38.4 Å². The number of hydrogen-bond acceptors (Lipinski definition) is 6. The Labute approximate surface area is 93.3 Å². The molecule has 17 heavy (non-hydrogen) atoms. The van der Waals surface area contributed by atoms with E-state index in [1.165, 1.54) is 0 Å². The Morgan fingerprint density at radius 3 is 2.41 bits per heavy atom. The Hall–Kier alpha value is -2.84. The molecule has 88 valence electrons. The van der Waals surface area contributed by atoms with Crippen molar-refractivity contribution in [1.82, 2.24) is 0 Å². The number of aliphatic carboxylic acids is 1. The Bertz CT molecular complexity index is 524. The summed E-state index contributed by atoms with van der Waals surface area (Å²) in [6.07, 6.45) is 0.466. The summed E-state index contributed by atoms with van der Waals surface area (Å²) in [5.41, 5.74) is -1.36. The number of nitrogens with zero attached hydrogens (tertiary/aromatic N) is 3. The van der Waals surface area contributed by atoms with Gasteiger partial charge in [0.05, 0.1) is 15.9 Å². The first-order valence-corrected chi connectivity index (χ1v) is 4.11. The minimum atomic E-state index is -1.38. The number of non-ortho nitro benzene ring substituents is 1. The lowest BCUT2D eigenvalue weighted by Gasteiger charge is -1.96. The van der Waals surface area contributed by atoms with E-state index in [4.69, 9.17) is 5.11 Å². The second kappa shape index (κ2) is 4.79. The summed E-state index contributed by atoms with van der Waals surface area (Å²) < 4.78 is 0. The number of nitro groups is 2. The summed E-state index contributed by atoms with van der Waals surface area (Å²) in [5, 5.41) is 29.3. The van der Waals surface area contributed by atoms with Gasteiger partial charge in [0.15, 0.2) is 0 Å². The fourth-order valence-electron chi connectivity index (χ4n) is 1.01. The predicted octanol–water partition coefficient (Wildman–Crippen LogP) is 1.29. The summed E-state index contributed by atoms with van der Waals surface area (Å²) in [7, 11) is 0. The molecular formula is C8H5N3O6. The van der Waals surface area contributed by atoms with Crippen molar-refractivity contribution >= 4 is 29.2 Å². The van der Waals surface area contributed by atoms with Gasteiger partial charge in [0, 0.05) is 6.07 Å².